The highest BCUT2D eigenvalue weighted by molar-refractivity contribution is 6.09. The topological polar surface area (TPSA) is 79.7 Å². The number of likely N-dealkylation sites (N-methyl/N-ethyl adjacent to an activating group) is 1. The summed E-state index contributed by atoms with van der Waals surface area (Å²) >= 11 is 0. The normalized spacial score (nSPS) is 24.6. The first-order valence-electron chi connectivity index (χ1n) is 8.77. The zero-order valence-corrected chi connectivity index (χ0v) is 15.4. The largest absolute Gasteiger partial charge is 0.508 e. The molecule has 0 aliphatic carbocycles. The smallest absolute Gasteiger partial charge is 0.328 e. The fourth-order valence-corrected chi connectivity index (χ4v) is 3.65. The van der Waals surface area contributed by atoms with Gasteiger partial charge in [0.15, 0.2) is 12.2 Å². The molecule has 4 rings (SSSR count). The molecule has 1 fully saturated rings. The lowest BCUT2D eigenvalue weighted by atomic mass is 10.1. The molecule has 3 amide bonds. The van der Waals surface area contributed by atoms with Crippen molar-refractivity contribution < 1.29 is 14.7 Å². The molecule has 1 aromatic carbocycles. The van der Waals surface area contributed by atoms with Gasteiger partial charge in [-0.1, -0.05) is 12.2 Å². The Morgan fingerprint density at radius 1 is 1.22 bits per heavy atom. The number of aliphatic imine (C=N–C) groups is 1. The summed E-state index contributed by atoms with van der Waals surface area (Å²) in [7, 11) is 1.67. The Morgan fingerprint density at radius 3 is 2.59 bits per heavy atom. The van der Waals surface area contributed by atoms with Crippen LogP contribution >= 0.6 is 0 Å². The second kappa shape index (κ2) is 6.15. The third-order valence-corrected chi connectivity index (χ3v) is 5.02. The Morgan fingerprint density at radius 2 is 1.93 bits per heavy atom. The zero-order chi connectivity index (χ0) is 19.3. The van der Waals surface area contributed by atoms with E-state index in [1.54, 1.807) is 37.4 Å². The van der Waals surface area contributed by atoms with Crippen LogP contribution in [-0.4, -0.2) is 63.5 Å². The number of hydrogen-bond acceptors (Lipinski definition) is 6. The molecule has 2 atom stereocenters. The number of carbonyl (C=O) groups is 2. The maximum atomic E-state index is 13.1. The average Bonchev–Trinajstić information content (AvgIpc) is 3.15. The maximum absolute atomic E-state index is 13.1. The Bertz CT molecular complexity index is 889. The molecule has 1 aromatic rings. The van der Waals surface area contributed by atoms with Crippen LogP contribution in [0.1, 0.15) is 13.8 Å². The Kier molecular flexibility index (Phi) is 3.91. The van der Waals surface area contributed by atoms with Crippen molar-refractivity contribution in [3.8, 4) is 5.75 Å². The number of anilines is 1. The van der Waals surface area contributed by atoms with Gasteiger partial charge >= 0.3 is 6.03 Å². The molecule has 1 N–H and O–H groups in total. The predicted octanol–water partition coefficient (Wildman–Crippen LogP) is 1.91. The van der Waals surface area contributed by atoms with Crippen LogP contribution in [0.5, 0.6) is 5.75 Å². The number of carbonyl (C=O) groups excluding carboxylic acids is 2. The second-order valence-corrected chi connectivity index (χ2v) is 6.73. The minimum absolute atomic E-state index is 0.179. The molecular weight excluding hydrogens is 346 g/mol. The molecule has 27 heavy (non-hydrogen) atoms. The van der Waals surface area contributed by atoms with Gasteiger partial charge in [-0.3, -0.25) is 14.6 Å². The lowest BCUT2D eigenvalue weighted by Gasteiger charge is -2.39. The van der Waals surface area contributed by atoms with Crippen molar-refractivity contribution in [3.63, 3.8) is 0 Å². The van der Waals surface area contributed by atoms with Gasteiger partial charge in [-0.2, -0.15) is 0 Å². The first-order valence-corrected chi connectivity index (χ1v) is 8.77. The summed E-state index contributed by atoms with van der Waals surface area (Å²) in [6.07, 6.45) is 4.92. The number of guanidine groups is 1. The van der Waals surface area contributed by atoms with Gasteiger partial charge in [0, 0.05) is 31.2 Å². The number of hydrogen-bond donors (Lipinski definition) is 1. The number of allylic oxidation sites excluding steroid dienone is 2. The zero-order valence-electron chi connectivity index (χ0n) is 15.4. The molecule has 8 nitrogen and oxygen atoms in total. The number of phenols is 1. The molecule has 2 unspecified atom stereocenters. The number of aromatic hydroxyl groups is 1. The summed E-state index contributed by atoms with van der Waals surface area (Å²) in [5.74, 6) is 0.532. The SMILES string of the molecule is C/C=C/CN1C(=O)C2C(N=C3N(c4ccc(O)cc4)C(C)=CN32)N(C)C1=O. The molecular formula is C19H21N5O3. The van der Waals surface area contributed by atoms with E-state index in [1.807, 2.05) is 35.9 Å². The first-order chi connectivity index (χ1) is 12.9. The molecule has 1 saturated heterocycles. The van der Waals surface area contributed by atoms with Crippen molar-refractivity contribution >= 4 is 23.6 Å². The molecule has 0 aromatic heterocycles. The van der Waals surface area contributed by atoms with E-state index in [0.717, 1.165) is 11.4 Å². The van der Waals surface area contributed by atoms with Crippen LogP contribution in [0.3, 0.4) is 0 Å². The van der Waals surface area contributed by atoms with Crippen LogP contribution in [0.4, 0.5) is 10.5 Å². The molecule has 0 bridgehead atoms. The molecule has 3 aliphatic heterocycles. The van der Waals surface area contributed by atoms with E-state index in [-0.39, 0.29) is 24.2 Å². The molecule has 0 radical (unpaired) electrons. The maximum Gasteiger partial charge on any atom is 0.328 e. The average molecular weight is 367 g/mol. The highest BCUT2D eigenvalue weighted by Crippen LogP contribution is 2.36. The highest BCUT2D eigenvalue weighted by atomic mass is 16.3. The van der Waals surface area contributed by atoms with Crippen LogP contribution in [-0.2, 0) is 4.79 Å². The molecule has 140 valence electrons. The van der Waals surface area contributed by atoms with Gasteiger partial charge in [-0.15, -0.1) is 0 Å². The van der Waals surface area contributed by atoms with Crippen LogP contribution in [0.15, 0.2) is 53.3 Å². The minimum atomic E-state index is -0.579. The third-order valence-electron chi connectivity index (χ3n) is 5.02. The lowest BCUT2D eigenvalue weighted by molar-refractivity contribution is -0.136. The van der Waals surface area contributed by atoms with E-state index < -0.39 is 12.2 Å². The molecule has 8 heteroatoms. The van der Waals surface area contributed by atoms with E-state index in [2.05, 4.69) is 0 Å². The summed E-state index contributed by atoms with van der Waals surface area (Å²) in [4.78, 5) is 36.9. The Labute approximate surface area is 157 Å². The predicted molar refractivity (Wildman–Crippen MR) is 101 cm³/mol. The van der Waals surface area contributed by atoms with Crippen LogP contribution in [0, 0.1) is 0 Å². The van der Waals surface area contributed by atoms with Crippen LogP contribution < -0.4 is 4.90 Å². The van der Waals surface area contributed by atoms with Crippen molar-refractivity contribution in [3.05, 3.63) is 48.3 Å². The molecule has 3 aliphatic rings. The fourth-order valence-electron chi connectivity index (χ4n) is 3.65. The van der Waals surface area contributed by atoms with E-state index in [0.29, 0.717) is 5.96 Å². The minimum Gasteiger partial charge on any atom is -0.508 e. The standard InChI is InChI=1S/C19H21N5O3/c1-4-5-10-22-17(26)15-16(21(3)19(22)27)20-18-23(15)11-12(2)24(18)13-6-8-14(25)9-7-13/h4-9,11,15-16,25H,10H2,1-3H3/b5-4+. The number of rotatable bonds is 3. The summed E-state index contributed by atoms with van der Waals surface area (Å²) in [5.41, 5.74) is 1.74. The number of nitrogens with zero attached hydrogens (tertiary/aromatic N) is 5. The van der Waals surface area contributed by atoms with Crippen molar-refractivity contribution in [2.45, 2.75) is 26.1 Å². The fraction of sp³-hybridized carbons (Fsp3) is 0.316. The van der Waals surface area contributed by atoms with Gasteiger partial charge in [-0.25, -0.2) is 9.79 Å². The van der Waals surface area contributed by atoms with Crippen molar-refractivity contribution in [2.24, 2.45) is 4.99 Å². The van der Waals surface area contributed by atoms with Gasteiger partial charge in [0.05, 0.1) is 0 Å². The first kappa shape index (κ1) is 17.1. The van der Waals surface area contributed by atoms with Gasteiger partial charge in [0.1, 0.15) is 5.75 Å². The van der Waals surface area contributed by atoms with Gasteiger partial charge in [-0.05, 0) is 38.1 Å². The molecule has 0 saturated carbocycles. The number of benzene rings is 1. The van der Waals surface area contributed by atoms with E-state index >= 15 is 0 Å². The highest BCUT2D eigenvalue weighted by Gasteiger charge is 2.54. The van der Waals surface area contributed by atoms with E-state index in [4.69, 9.17) is 4.99 Å². The third kappa shape index (κ3) is 2.48. The van der Waals surface area contributed by atoms with E-state index in [9.17, 15) is 14.7 Å². The summed E-state index contributed by atoms with van der Waals surface area (Å²) in [5, 5.41) is 9.55. The van der Waals surface area contributed by atoms with Crippen molar-refractivity contribution in [1.82, 2.24) is 14.7 Å². The van der Waals surface area contributed by atoms with Crippen LogP contribution in [0.2, 0.25) is 0 Å². The van der Waals surface area contributed by atoms with Crippen molar-refractivity contribution in [1.29, 1.82) is 0 Å². The number of fused-ring (bicyclic) bond motifs is 3. The summed E-state index contributed by atoms with van der Waals surface area (Å²) in [6.45, 7) is 4.03. The number of imide groups is 1. The van der Waals surface area contributed by atoms with Gasteiger partial charge in [0.2, 0.25) is 5.96 Å². The van der Waals surface area contributed by atoms with Crippen LogP contribution in [0.25, 0.3) is 0 Å². The molecule has 3 heterocycles. The quantitative estimate of drug-likeness (QED) is 0.826. The number of urea groups is 1. The number of amides is 3. The molecule has 0 spiro atoms. The van der Waals surface area contributed by atoms with Gasteiger partial charge in [0.25, 0.3) is 5.91 Å². The Hall–Kier alpha value is -3.29. The summed E-state index contributed by atoms with van der Waals surface area (Å²) < 4.78 is 0. The van der Waals surface area contributed by atoms with Crippen molar-refractivity contribution in [2.75, 3.05) is 18.5 Å². The van der Waals surface area contributed by atoms with Gasteiger partial charge < -0.3 is 14.9 Å². The monoisotopic (exact) mass is 367 g/mol. The Balaban J connectivity index is 1.70. The second-order valence-electron chi connectivity index (χ2n) is 6.73. The number of phenolic OH excluding ortho intramolecular Hbond substituents is 1. The lowest BCUT2D eigenvalue weighted by Crippen LogP contribution is -2.64. The summed E-state index contributed by atoms with van der Waals surface area (Å²) in [6, 6.07) is 5.86. The van der Waals surface area contributed by atoms with E-state index in [1.165, 1.54) is 9.80 Å².